The Hall–Kier alpha value is -2.14. The summed E-state index contributed by atoms with van der Waals surface area (Å²) in [6, 6.07) is 3.97. The fraction of sp³-hybridized carbons (Fsp3) is 0.333. The fourth-order valence-corrected chi connectivity index (χ4v) is 1.39. The molecule has 1 rings (SSSR count). The maximum atomic E-state index is 13.4. The first-order valence-corrected chi connectivity index (χ1v) is 5.50. The predicted octanol–water partition coefficient (Wildman–Crippen LogP) is 2.10. The zero-order valence-electron chi connectivity index (χ0n) is 10.4. The molecule has 0 bridgehead atoms. The highest BCUT2D eigenvalue weighted by molar-refractivity contribution is 5.93. The molecule has 0 radical (unpaired) electrons. The van der Waals surface area contributed by atoms with Gasteiger partial charge in [0.1, 0.15) is 5.82 Å². The van der Waals surface area contributed by atoms with Crippen molar-refractivity contribution in [1.82, 2.24) is 5.32 Å². The van der Waals surface area contributed by atoms with Crippen LogP contribution in [0, 0.1) is 24.1 Å². The highest BCUT2D eigenvalue weighted by Crippen LogP contribution is 2.20. The molecule has 0 unspecified atom stereocenters. The molecule has 1 aromatic carbocycles. The molecular weight excluding hydrogens is 278 g/mol. The summed E-state index contributed by atoms with van der Waals surface area (Å²) in [5.41, 5.74) is 0.167. The second-order valence-electron chi connectivity index (χ2n) is 4.01. The van der Waals surface area contributed by atoms with Gasteiger partial charge in [0.25, 0.3) is 0 Å². The Morgan fingerprint density at radius 3 is 2.60 bits per heavy atom. The van der Waals surface area contributed by atoms with E-state index in [4.69, 9.17) is 5.26 Å². The van der Waals surface area contributed by atoms with Crippen LogP contribution in [0.15, 0.2) is 12.1 Å². The van der Waals surface area contributed by atoms with Gasteiger partial charge in [-0.05, 0) is 19.1 Å². The van der Waals surface area contributed by atoms with Crippen LogP contribution in [-0.2, 0) is 4.79 Å². The molecule has 0 aromatic heterocycles. The Balaban J connectivity index is 2.67. The van der Waals surface area contributed by atoms with Crippen LogP contribution in [-0.4, -0.2) is 25.2 Å². The first-order chi connectivity index (χ1) is 9.23. The van der Waals surface area contributed by atoms with Gasteiger partial charge in [0, 0.05) is 11.3 Å². The third kappa shape index (κ3) is 4.85. The molecule has 8 heteroatoms. The molecule has 20 heavy (non-hydrogen) atoms. The van der Waals surface area contributed by atoms with Crippen molar-refractivity contribution in [2.24, 2.45) is 0 Å². The number of carbonyl (C=O) groups is 1. The summed E-state index contributed by atoms with van der Waals surface area (Å²) in [4.78, 5) is 11.4. The van der Waals surface area contributed by atoms with Crippen molar-refractivity contribution in [3.8, 4) is 6.07 Å². The smallest absolute Gasteiger partial charge is 0.325 e. The average molecular weight is 289 g/mol. The Kier molecular flexibility index (Phi) is 5.05. The molecule has 0 fully saturated rings. The van der Waals surface area contributed by atoms with Crippen LogP contribution < -0.4 is 10.6 Å². The van der Waals surface area contributed by atoms with Crippen LogP contribution in [0.3, 0.4) is 0 Å². The van der Waals surface area contributed by atoms with Gasteiger partial charge in [-0.1, -0.05) is 0 Å². The molecule has 0 saturated heterocycles. The number of amides is 1. The minimum absolute atomic E-state index is 0.00616. The third-order valence-electron chi connectivity index (χ3n) is 2.36. The van der Waals surface area contributed by atoms with Crippen molar-refractivity contribution in [2.45, 2.75) is 13.1 Å². The molecule has 0 heterocycles. The van der Waals surface area contributed by atoms with Gasteiger partial charge in [-0.25, -0.2) is 4.39 Å². The molecule has 0 spiro atoms. The van der Waals surface area contributed by atoms with Crippen molar-refractivity contribution in [1.29, 1.82) is 5.26 Å². The number of nitrogens with one attached hydrogen (secondary N) is 2. The largest absolute Gasteiger partial charge is 0.401 e. The number of benzene rings is 1. The summed E-state index contributed by atoms with van der Waals surface area (Å²) in [6.07, 6.45) is -4.41. The van der Waals surface area contributed by atoms with Gasteiger partial charge in [-0.3, -0.25) is 4.79 Å². The monoisotopic (exact) mass is 289 g/mol. The van der Waals surface area contributed by atoms with Gasteiger partial charge in [-0.15, -0.1) is 0 Å². The van der Waals surface area contributed by atoms with Gasteiger partial charge in [0.05, 0.1) is 24.7 Å². The molecule has 0 saturated carbocycles. The number of halogens is 4. The molecule has 4 nitrogen and oxygen atoms in total. The Bertz CT molecular complexity index is 549. The summed E-state index contributed by atoms with van der Waals surface area (Å²) < 4.78 is 49.0. The van der Waals surface area contributed by atoms with E-state index in [-0.39, 0.29) is 16.8 Å². The lowest BCUT2D eigenvalue weighted by Gasteiger charge is -2.11. The Morgan fingerprint density at radius 1 is 1.40 bits per heavy atom. The van der Waals surface area contributed by atoms with E-state index in [0.717, 1.165) is 6.07 Å². The fourth-order valence-electron chi connectivity index (χ4n) is 1.39. The number of rotatable bonds is 4. The normalized spacial score (nSPS) is 11.0. The number of anilines is 1. The first kappa shape index (κ1) is 15.9. The molecule has 0 aliphatic carbocycles. The van der Waals surface area contributed by atoms with Crippen molar-refractivity contribution < 1.29 is 22.4 Å². The van der Waals surface area contributed by atoms with E-state index in [9.17, 15) is 22.4 Å². The Morgan fingerprint density at radius 2 is 2.05 bits per heavy atom. The molecule has 108 valence electrons. The number of alkyl halides is 3. The summed E-state index contributed by atoms with van der Waals surface area (Å²) in [7, 11) is 0. The highest BCUT2D eigenvalue weighted by Gasteiger charge is 2.26. The van der Waals surface area contributed by atoms with Crippen molar-refractivity contribution in [3.63, 3.8) is 0 Å². The molecule has 2 N–H and O–H groups in total. The first-order valence-electron chi connectivity index (χ1n) is 5.50. The van der Waals surface area contributed by atoms with Gasteiger partial charge < -0.3 is 10.6 Å². The van der Waals surface area contributed by atoms with Crippen LogP contribution in [0.5, 0.6) is 0 Å². The van der Waals surface area contributed by atoms with Crippen LogP contribution in [0.2, 0.25) is 0 Å². The number of carbonyl (C=O) groups excluding carboxylic acids is 1. The number of nitrogens with zero attached hydrogens (tertiary/aromatic N) is 1. The number of hydrogen-bond acceptors (Lipinski definition) is 3. The SMILES string of the molecule is Cc1c(F)cc(C#N)cc1NC(=O)CNCC(F)(F)F. The number of hydrogen-bond donors (Lipinski definition) is 2. The average Bonchev–Trinajstić information content (AvgIpc) is 2.33. The van der Waals surface area contributed by atoms with Crippen molar-refractivity contribution in [3.05, 3.63) is 29.1 Å². The lowest BCUT2D eigenvalue weighted by molar-refractivity contribution is -0.126. The molecular formula is C12H11F4N3O. The topological polar surface area (TPSA) is 64.9 Å². The molecule has 0 aliphatic rings. The summed E-state index contributed by atoms with van der Waals surface area (Å²) in [5, 5.41) is 12.8. The maximum Gasteiger partial charge on any atom is 0.401 e. The van der Waals surface area contributed by atoms with Crippen LogP contribution in [0.1, 0.15) is 11.1 Å². The number of nitriles is 1. The zero-order valence-corrected chi connectivity index (χ0v) is 10.4. The van der Waals surface area contributed by atoms with Crippen molar-refractivity contribution >= 4 is 11.6 Å². The molecule has 1 amide bonds. The van der Waals surface area contributed by atoms with E-state index in [0.29, 0.717) is 0 Å². The van der Waals surface area contributed by atoms with E-state index in [1.165, 1.54) is 13.0 Å². The highest BCUT2D eigenvalue weighted by atomic mass is 19.4. The van der Waals surface area contributed by atoms with Gasteiger partial charge in [0.15, 0.2) is 0 Å². The zero-order chi connectivity index (χ0) is 15.3. The van der Waals surface area contributed by atoms with Gasteiger partial charge in [-0.2, -0.15) is 18.4 Å². The van der Waals surface area contributed by atoms with Crippen LogP contribution in [0.4, 0.5) is 23.2 Å². The second-order valence-corrected chi connectivity index (χ2v) is 4.01. The van der Waals surface area contributed by atoms with E-state index in [1.54, 1.807) is 6.07 Å². The summed E-state index contributed by atoms with van der Waals surface area (Å²) in [6.45, 7) is -0.488. The summed E-state index contributed by atoms with van der Waals surface area (Å²) >= 11 is 0. The lowest BCUT2D eigenvalue weighted by Crippen LogP contribution is -2.35. The van der Waals surface area contributed by atoms with E-state index >= 15 is 0 Å². The molecule has 1 aromatic rings. The predicted molar refractivity (Wildman–Crippen MR) is 63.4 cm³/mol. The van der Waals surface area contributed by atoms with Gasteiger partial charge >= 0.3 is 6.18 Å². The lowest BCUT2D eigenvalue weighted by atomic mass is 10.1. The van der Waals surface area contributed by atoms with E-state index < -0.39 is 31.0 Å². The third-order valence-corrected chi connectivity index (χ3v) is 2.36. The van der Waals surface area contributed by atoms with E-state index in [2.05, 4.69) is 5.32 Å². The Labute approximate surface area is 112 Å². The minimum atomic E-state index is -4.41. The molecule has 0 aliphatic heterocycles. The van der Waals surface area contributed by atoms with E-state index in [1.807, 2.05) is 5.32 Å². The maximum absolute atomic E-state index is 13.4. The van der Waals surface area contributed by atoms with Crippen LogP contribution >= 0.6 is 0 Å². The summed E-state index contributed by atoms with van der Waals surface area (Å²) in [5.74, 6) is -1.44. The molecule has 0 atom stereocenters. The minimum Gasteiger partial charge on any atom is -0.325 e. The van der Waals surface area contributed by atoms with Crippen molar-refractivity contribution in [2.75, 3.05) is 18.4 Å². The van der Waals surface area contributed by atoms with Gasteiger partial charge in [0.2, 0.25) is 5.91 Å². The quantitative estimate of drug-likeness (QED) is 0.834. The second kappa shape index (κ2) is 6.34. The standard InChI is InChI=1S/C12H11F4N3O/c1-7-9(13)2-8(4-17)3-10(7)19-11(20)5-18-6-12(14,15)16/h2-3,18H,5-6H2,1H3,(H,19,20). The van der Waals surface area contributed by atoms with Crippen LogP contribution in [0.25, 0.3) is 0 Å².